The topological polar surface area (TPSA) is 41.9 Å². The van der Waals surface area contributed by atoms with Gasteiger partial charge in [-0.25, -0.2) is 9.40 Å². The van der Waals surface area contributed by atoms with Crippen LogP contribution in [0.5, 0.6) is 5.75 Å². The van der Waals surface area contributed by atoms with Gasteiger partial charge in [-0.2, -0.15) is 0 Å². The molecule has 0 fully saturated rings. The average molecular weight is 182 g/mol. The predicted octanol–water partition coefficient (Wildman–Crippen LogP) is 1.71. The van der Waals surface area contributed by atoms with Crippen LogP contribution in [0, 0.1) is 10.7 Å². The van der Waals surface area contributed by atoms with Crippen molar-refractivity contribution in [2.24, 2.45) is 5.29 Å². The van der Waals surface area contributed by atoms with Crippen molar-refractivity contribution in [2.75, 3.05) is 18.2 Å². The van der Waals surface area contributed by atoms with Gasteiger partial charge < -0.3 is 4.74 Å². The molecular formula is C8H7FN2O2. The minimum atomic E-state index is -0.405. The van der Waals surface area contributed by atoms with Gasteiger partial charge in [0.15, 0.2) is 0 Å². The Morgan fingerprint density at radius 3 is 3.15 bits per heavy atom. The van der Waals surface area contributed by atoms with Gasteiger partial charge in [0, 0.05) is 6.07 Å². The molecule has 5 heteroatoms. The van der Waals surface area contributed by atoms with Gasteiger partial charge in [0.2, 0.25) is 0 Å². The molecule has 0 atom stereocenters. The highest BCUT2D eigenvalue weighted by molar-refractivity contribution is 5.59. The molecule has 1 aromatic carbocycles. The van der Waals surface area contributed by atoms with E-state index in [2.05, 4.69) is 5.29 Å². The summed E-state index contributed by atoms with van der Waals surface area (Å²) in [7, 11) is 0. The molecule has 13 heavy (non-hydrogen) atoms. The average Bonchev–Trinajstić information content (AvgIpc) is 2.17. The van der Waals surface area contributed by atoms with Crippen LogP contribution in [0.4, 0.5) is 10.1 Å². The fourth-order valence-corrected chi connectivity index (χ4v) is 1.26. The maximum absolute atomic E-state index is 12.8. The lowest BCUT2D eigenvalue weighted by Crippen LogP contribution is -2.27. The van der Waals surface area contributed by atoms with Crippen LogP contribution in [-0.2, 0) is 0 Å². The molecule has 1 aliphatic heterocycles. The summed E-state index contributed by atoms with van der Waals surface area (Å²) >= 11 is 0. The third kappa shape index (κ3) is 1.32. The molecule has 0 radical (unpaired) electrons. The molecule has 0 N–H and O–H groups in total. The first-order chi connectivity index (χ1) is 6.31. The molecule has 68 valence electrons. The second kappa shape index (κ2) is 3.01. The first-order valence-corrected chi connectivity index (χ1v) is 3.84. The van der Waals surface area contributed by atoms with Crippen molar-refractivity contribution < 1.29 is 9.13 Å². The highest BCUT2D eigenvalue weighted by Crippen LogP contribution is 2.31. The highest BCUT2D eigenvalue weighted by Gasteiger charge is 2.18. The summed E-state index contributed by atoms with van der Waals surface area (Å²) < 4.78 is 18.0. The van der Waals surface area contributed by atoms with Gasteiger partial charge in [-0.15, -0.1) is 4.91 Å². The third-order valence-electron chi connectivity index (χ3n) is 1.86. The fourth-order valence-electron chi connectivity index (χ4n) is 1.26. The maximum atomic E-state index is 12.8. The Balaban J connectivity index is 2.47. The van der Waals surface area contributed by atoms with E-state index in [9.17, 15) is 9.30 Å². The molecule has 0 unspecified atom stereocenters. The number of benzene rings is 1. The smallest absolute Gasteiger partial charge is 0.144 e. The maximum Gasteiger partial charge on any atom is 0.144 e. The molecule has 4 nitrogen and oxygen atoms in total. The Hall–Kier alpha value is -1.65. The SMILES string of the molecule is O=NN1CCOc2ccc(F)cc21. The van der Waals surface area contributed by atoms with Crippen LogP contribution < -0.4 is 9.75 Å². The molecule has 0 saturated heterocycles. The number of rotatable bonds is 1. The van der Waals surface area contributed by atoms with Gasteiger partial charge in [-0.3, -0.25) is 0 Å². The van der Waals surface area contributed by atoms with Gasteiger partial charge >= 0.3 is 0 Å². The molecule has 1 aromatic rings. The zero-order valence-electron chi connectivity index (χ0n) is 6.74. The molecule has 1 aliphatic rings. The van der Waals surface area contributed by atoms with Crippen molar-refractivity contribution in [3.05, 3.63) is 28.9 Å². The summed E-state index contributed by atoms with van der Waals surface area (Å²) in [5, 5.41) is 3.95. The van der Waals surface area contributed by atoms with E-state index in [-0.39, 0.29) is 0 Å². The Labute approximate surface area is 73.9 Å². The van der Waals surface area contributed by atoms with Crippen molar-refractivity contribution >= 4 is 5.69 Å². The molecule has 0 saturated carbocycles. The molecule has 1 heterocycles. The number of hydrogen-bond acceptors (Lipinski definition) is 3. The summed E-state index contributed by atoms with van der Waals surface area (Å²) in [6.07, 6.45) is 0. The number of halogens is 1. The first-order valence-electron chi connectivity index (χ1n) is 3.84. The Morgan fingerprint density at radius 2 is 2.38 bits per heavy atom. The number of nitrogens with zero attached hydrogens (tertiary/aromatic N) is 2. The predicted molar refractivity (Wildman–Crippen MR) is 45.0 cm³/mol. The van der Waals surface area contributed by atoms with E-state index in [0.29, 0.717) is 24.6 Å². The zero-order valence-corrected chi connectivity index (χ0v) is 6.74. The van der Waals surface area contributed by atoms with Crippen molar-refractivity contribution in [3.63, 3.8) is 0 Å². The lowest BCUT2D eigenvalue weighted by molar-refractivity contribution is 0.307. The summed E-state index contributed by atoms with van der Waals surface area (Å²) in [5.41, 5.74) is 0.390. The van der Waals surface area contributed by atoms with E-state index < -0.39 is 5.82 Å². The second-order valence-corrected chi connectivity index (χ2v) is 2.67. The van der Waals surface area contributed by atoms with Crippen molar-refractivity contribution in [1.82, 2.24) is 0 Å². The van der Waals surface area contributed by atoms with Crippen molar-refractivity contribution in [1.29, 1.82) is 0 Å². The standard InChI is InChI=1S/C8H7FN2O2/c9-6-1-2-8-7(5-6)11(10-12)3-4-13-8/h1-2,5H,3-4H2. The van der Waals surface area contributed by atoms with Gasteiger partial charge in [0.25, 0.3) is 0 Å². The van der Waals surface area contributed by atoms with Gasteiger partial charge in [-0.1, -0.05) is 0 Å². The van der Waals surface area contributed by atoms with Crippen LogP contribution >= 0.6 is 0 Å². The normalized spacial score (nSPS) is 14.7. The van der Waals surface area contributed by atoms with E-state index in [0.717, 1.165) is 0 Å². The number of nitroso groups, excluding NO2 is 1. The number of hydrogen-bond donors (Lipinski definition) is 0. The van der Waals surface area contributed by atoms with E-state index >= 15 is 0 Å². The van der Waals surface area contributed by atoms with Gasteiger partial charge in [0.1, 0.15) is 23.9 Å². The van der Waals surface area contributed by atoms with Crippen LogP contribution in [0.3, 0.4) is 0 Å². The number of fused-ring (bicyclic) bond motifs is 1. The largest absolute Gasteiger partial charge is 0.489 e. The lowest BCUT2D eigenvalue weighted by Gasteiger charge is -2.23. The molecule has 0 aliphatic carbocycles. The molecule has 2 rings (SSSR count). The van der Waals surface area contributed by atoms with Crippen LogP contribution in [-0.4, -0.2) is 13.2 Å². The van der Waals surface area contributed by atoms with Crippen molar-refractivity contribution in [2.45, 2.75) is 0 Å². The highest BCUT2D eigenvalue weighted by atomic mass is 19.1. The Kier molecular flexibility index (Phi) is 1.84. The van der Waals surface area contributed by atoms with Gasteiger partial charge in [-0.05, 0) is 12.1 Å². The van der Waals surface area contributed by atoms with Gasteiger partial charge in [0.05, 0.1) is 11.8 Å². The van der Waals surface area contributed by atoms with E-state index in [1.807, 2.05) is 0 Å². The number of anilines is 1. The second-order valence-electron chi connectivity index (χ2n) is 2.67. The van der Waals surface area contributed by atoms with Crippen molar-refractivity contribution in [3.8, 4) is 5.75 Å². The Morgan fingerprint density at radius 1 is 1.54 bits per heavy atom. The fraction of sp³-hybridized carbons (Fsp3) is 0.250. The molecule has 0 spiro atoms. The number of ether oxygens (including phenoxy) is 1. The van der Waals surface area contributed by atoms with E-state index in [1.54, 1.807) is 0 Å². The summed E-state index contributed by atoms with van der Waals surface area (Å²) in [4.78, 5) is 10.3. The summed E-state index contributed by atoms with van der Waals surface area (Å²) in [6, 6.07) is 4.00. The summed E-state index contributed by atoms with van der Waals surface area (Å²) in [5.74, 6) is 0.0881. The minimum Gasteiger partial charge on any atom is -0.489 e. The summed E-state index contributed by atoms with van der Waals surface area (Å²) in [6.45, 7) is 0.754. The van der Waals surface area contributed by atoms with E-state index in [4.69, 9.17) is 4.74 Å². The van der Waals surface area contributed by atoms with Crippen LogP contribution in [0.15, 0.2) is 23.5 Å². The third-order valence-corrected chi connectivity index (χ3v) is 1.86. The van der Waals surface area contributed by atoms with Crippen LogP contribution in [0.25, 0.3) is 0 Å². The first kappa shape index (κ1) is 7.97. The zero-order chi connectivity index (χ0) is 9.26. The Bertz CT molecular complexity index is 343. The molecule has 0 amide bonds. The van der Waals surface area contributed by atoms with Crippen LogP contribution in [0.1, 0.15) is 0 Å². The molecular weight excluding hydrogens is 175 g/mol. The monoisotopic (exact) mass is 182 g/mol. The lowest BCUT2D eigenvalue weighted by atomic mass is 10.2. The molecule has 0 aromatic heterocycles. The van der Waals surface area contributed by atoms with Crippen LogP contribution in [0.2, 0.25) is 0 Å². The van der Waals surface area contributed by atoms with E-state index in [1.165, 1.54) is 23.2 Å². The minimum absolute atomic E-state index is 0.361. The quantitative estimate of drug-likeness (QED) is 0.621. The molecule has 0 bridgehead atoms.